The Morgan fingerprint density at radius 2 is 2.00 bits per heavy atom. The number of aromatic carboxylic acids is 1. The smallest absolute Gasteiger partial charge is 0.356 e. The highest BCUT2D eigenvalue weighted by Gasteiger charge is 2.19. The second-order valence-electron chi connectivity index (χ2n) is 5.47. The zero-order valence-electron chi connectivity index (χ0n) is 12.5. The van der Waals surface area contributed by atoms with Crippen LogP contribution >= 0.6 is 11.6 Å². The molecule has 2 rings (SSSR count). The van der Waals surface area contributed by atoms with Gasteiger partial charge in [0.25, 0.3) is 0 Å². The van der Waals surface area contributed by atoms with Crippen LogP contribution in [0.15, 0.2) is 24.4 Å². The zero-order chi connectivity index (χ0) is 16.2. The van der Waals surface area contributed by atoms with Gasteiger partial charge in [0.05, 0.1) is 17.4 Å². The first-order valence-electron chi connectivity index (χ1n) is 6.28. The largest absolute Gasteiger partial charge is 0.476 e. The normalized spacial score (nSPS) is 10.7. The van der Waals surface area contributed by atoms with Crippen LogP contribution in [0.3, 0.4) is 0 Å². The minimum Gasteiger partial charge on any atom is -0.476 e. The fourth-order valence-electron chi connectivity index (χ4n) is 1.65. The zero-order valence-corrected chi connectivity index (χ0v) is 13.2. The van der Waals surface area contributed by atoms with Gasteiger partial charge in [0.15, 0.2) is 5.69 Å². The van der Waals surface area contributed by atoms with Gasteiger partial charge in [-0.15, -0.1) is 0 Å². The van der Waals surface area contributed by atoms with Crippen LogP contribution in [0.25, 0.3) is 0 Å². The number of hydrogen-bond acceptors (Lipinski definition) is 4. The molecule has 0 unspecified atom stereocenters. The maximum absolute atomic E-state index is 10.6. The lowest BCUT2D eigenvalue weighted by atomic mass is 10.1. The summed E-state index contributed by atoms with van der Waals surface area (Å²) in [5.41, 5.74) is 6.74. The van der Waals surface area contributed by atoms with E-state index >= 15 is 0 Å². The van der Waals surface area contributed by atoms with Crippen molar-refractivity contribution in [2.45, 2.75) is 33.2 Å². The van der Waals surface area contributed by atoms with Gasteiger partial charge in [-0.05, 0) is 45.9 Å². The van der Waals surface area contributed by atoms with Crippen LogP contribution in [0.2, 0.25) is 5.15 Å². The maximum Gasteiger partial charge on any atom is 0.356 e. The summed E-state index contributed by atoms with van der Waals surface area (Å²) in [7, 11) is 0. The first-order chi connectivity index (χ1) is 9.61. The molecule has 2 aromatic heterocycles. The minimum atomic E-state index is -0.980. The number of nitrogens with zero attached hydrogens (tertiary/aromatic N) is 3. The lowest BCUT2D eigenvalue weighted by Crippen LogP contribution is -2.24. The standard InChI is InChI=1S/C9H14N2O2.C5H5ClN2/c1-6-5-7(8(12)13)10-11(6)9(2,3)4;6-5-2-1-4(7)3-8-5/h5H,1-4H3,(H,12,13);1-3H,7H2. The second kappa shape index (κ2) is 6.58. The molecular weight excluding hydrogens is 292 g/mol. The van der Waals surface area contributed by atoms with Crippen molar-refractivity contribution in [2.75, 3.05) is 5.73 Å². The highest BCUT2D eigenvalue weighted by Crippen LogP contribution is 2.16. The molecule has 6 nitrogen and oxygen atoms in total. The van der Waals surface area contributed by atoms with Gasteiger partial charge in [-0.1, -0.05) is 11.6 Å². The van der Waals surface area contributed by atoms with Gasteiger partial charge in [0.2, 0.25) is 0 Å². The molecule has 0 fully saturated rings. The molecule has 0 radical (unpaired) electrons. The Kier molecular flexibility index (Phi) is 5.32. The topological polar surface area (TPSA) is 94.0 Å². The monoisotopic (exact) mass is 310 g/mol. The number of halogens is 1. The van der Waals surface area contributed by atoms with E-state index in [-0.39, 0.29) is 11.2 Å². The number of rotatable bonds is 1. The molecule has 0 amide bonds. The van der Waals surface area contributed by atoms with Crippen molar-refractivity contribution in [1.82, 2.24) is 14.8 Å². The molecule has 7 heteroatoms. The molecule has 0 saturated carbocycles. The van der Waals surface area contributed by atoms with E-state index in [1.807, 2.05) is 27.7 Å². The third-order valence-electron chi connectivity index (χ3n) is 2.49. The third-order valence-corrected chi connectivity index (χ3v) is 2.72. The number of carboxylic acids is 1. The van der Waals surface area contributed by atoms with E-state index in [0.717, 1.165) is 5.69 Å². The fourth-order valence-corrected chi connectivity index (χ4v) is 1.76. The summed E-state index contributed by atoms with van der Waals surface area (Å²) in [6.07, 6.45) is 1.52. The van der Waals surface area contributed by atoms with Gasteiger partial charge in [-0.3, -0.25) is 4.68 Å². The number of carbonyl (C=O) groups is 1. The van der Waals surface area contributed by atoms with E-state index < -0.39 is 5.97 Å². The SMILES string of the molecule is Cc1cc(C(=O)O)nn1C(C)(C)C.Nc1ccc(Cl)nc1. The van der Waals surface area contributed by atoms with Crippen molar-refractivity contribution in [2.24, 2.45) is 0 Å². The van der Waals surface area contributed by atoms with Gasteiger partial charge in [0.1, 0.15) is 5.15 Å². The predicted molar refractivity (Wildman–Crippen MR) is 82.6 cm³/mol. The quantitative estimate of drug-likeness (QED) is 0.790. The number of nitrogens with two attached hydrogens (primary N) is 1. The van der Waals surface area contributed by atoms with Crippen LogP contribution in [-0.4, -0.2) is 25.8 Å². The van der Waals surface area contributed by atoms with E-state index in [9.17, 15) is 4.79 Å². The summed E-state index contributed by atoms with van der Waals surface area (Å²) >= 11 is 5.44. The number of anilines is 1. The van der Waals surface area contributed by atoms with Crippen LogP contribution in [0.1, 0.15) is 37.0 Å². The molecule has 2 heterocycles. The first-order valence-corrected chi connectivity index (χ1v) is 6.66. The predicted octanol–water partition coefficient (Wildman–Crippen LogP) is 2.96. The highest BCUT2D eigenvalue weighted by atomic mass is 35.5. The van der Waals surface area contributed by atoms with E-state index in [1.165, 1.54) is 6.20 Å². The summed E-state index contributed by atoms with van der Waals surface area (Å²) in [4.78, 5) is 14.3. The molecule has 0 aromatic carbocycles. The number of hydrogen-bond donors (Lipinski definition) is 2. The molecule has 0 spiro atoms. The van der Waals surface area contributed by atoms with Crippen molar-refractivity contribution in [3.05, 3.63) is 40.9 Å². The Balaban J connectivity index is 0.000000235. The lowest BCUT2D eigenvalue weighted by molar-refractivity contribution is 0.0688. The average molecular weight is 311 g/mol. The minimum absolute atomic E-state index is 0.104. The summed E-state index contributed by atoms with van der Waals surface area (Å²) < 4.78 is 1.72. The fraction of sp³-hybridized carbons (Fsp3) is 0.357. The third kappa shape index (κ3) is 5.07. The summed E-state index contributed by atoms with van der Waals surface area (Å²) in [5.74, 6) is -0.980. The maximum atomic E-state index is 10.6. The second-order valence-corrected chi connectivity index (χ2v) is 5.86. The molecule has 0 aliphatic heterocycles. The van der Waals surface area contributed by atoms with E-state index in [2.05, 4.69) is 10.1 Å². The first kappa shape index (κ1) is 17.0. The van der Waals surface area contributed by atoms with Crippen LogP contribution in [-0.2, 0) is 5.54 Å². The number of carboxylic acid groups (broad SMARTS) is 1. The van der Waals surface area contributed by atoms with Gasteiger partial charge >= 0.3 is 5.97 Å². The van der Waals surface area contributed by atoms with E-state index in [0.29, 0.717) is 10.8 Å². The Morgan fingerprint density at radius 3 is 2.29 bits per heavy atom. The molecule has 0 bridgehead atoms. The van der Waals surface area contributed by atoms with Gasteiger partial charge in [-0.2, -0.15) is 5.10 Å². The Labute approximate surface area is 128 Å². The number of aryl methyl sites for hydroxylation is 1. The lowest BCUT2D eigenvalue weighted by Gasteiger charge is -2.20. The van der Waals surface area contributed by atoms with Crippen molar-refractivity contribution < 1.29 is 9.90 Å². The Bertz CT molecular complexity index is 594. The molecule has 0 aliphatic carbocycles. The highest BCUT2D eigenvalue weighted by molar-refractivity contribution is 6.29. The molecule has 0 aliphatic rings. The molecule has 21 heavy (non-hydrogen) atoms. The van der Waals surface area contributed by atoms with Crippen molar-refractivity contribution in [3.8, 4) is 0 Å². The van der Waals surface area contributed by atoms with E-state index in [4.69, 9.17) is 22.4 Å². The molecule has 0 saturated heterocycles. The average Bonchev–Trinajstić information content (AvgIpc) is 2.76. The van der Waals surface area contributed by atoms with Crippen LogP contribution in [0, 0.1) is 6.92 Å². The van der Waals surface area contributed by atoms with Gasteiger partial charge in [-0.25, -0.2) is 9.78 Å². The summed E-state index contributed by atoms with van der Waals surface area (Å²) in [6.45, 7) is 7.81. The molecule has 0 atom stereocenters. The Hall–Kier alpha value is -2.08. The van der Waals surface area contributed by atoms with Crippen molar-refractivity contribution in [3.63, 3.8) is 0 Å². The number of pyridine rings is 1. The van der Waals surface area contributed by atoms with Crippen molar-refractivity contribution >= 4 is 23.3 Å². The number of nitrogen functional groups attached to an aromatic ring is 1. The van der Waals surface area contributed by atoms with Crippen molar-refractivity contribution in [1.29, 1.82) is 0 Å². The van der Waals surface area contributed by atoms with Crippen LogP contribution in [0.5, 0.6) is 0 Å². The molecule has 114 valence electrons. The molecular formula is C14H19ClN4O2. The van der Waals surface area contributed by atoms with Crippen LogP contribution < -0.4 is 5.73 Å². The van der Waals surface area contributed by atoms with Crippen LogP contribution in [0.4, 0.5) is 5.69 Å². The Morgan fingerprint density at radius 1 is 1.38 bits per heavy atom. The summed E-state index contributed by atoms with van der Waals surface area (Å²) in [6, 6.07) is 4.93. The van der Waals surface area contributed by atoms with E-state index in [1.54, 1.807) is 22.9 Å². The molecule has 3 N–H and O–H groups in total. The summed E-state index contributed by atoms with van der Waals surface area (Å²) in [5, 5.41) is 13.2. The van der Waals surface area contributed by atoms with Gasteiger partial charge < -0.3 is 10.8 Å². The molecule has 2 aromatic rings. The van der Waals surface area contributed by atoms with Gasteiger partial charge in [0, 0.05) is 5.69 Å². The number of aromatic nitrogens is 3.